The Morgan fingerprint density at radius 1 is 1.19 bits per heavy atom. The van der Waals surface area contributed by atoms with E-state index >= 15 is 0 Å². The number of aromatic nitrogens is 1. The SMILES string of the molecule is CCC(OC)C(C)C1OC1C(OC(=O)N1CCC=C(c2ccccn2)C1)C(C)/C=C/C=C(\C)C1OC(=O)CC(O)CC[C@](C)(O)C(OC(C)=O)/C=C/C1C. The zero-order chi connectivity index (χ0) is 39.6. The summed E-state index contributed by atoms with van der Waals surface area (Å²) in [6.07, 6.45) is 10.2. The predicted molar refractivity (Wildman–Crippen MR) is 204 cm³/mol. The molecular weight excluding hydrogens is 692 g/mol. The molecule has 54 heavy (non-hydrogen) atoms. The maximum Gasteiger partial charge on any atom is 0.410 e. The normalized spacial score (nSPS) is 31.1. The molecule has 4 rings (SSSR count). The van der Waals surface area contributed by atoms with Gasteiger partial charge in [0.2, 0.25) is 0 Å². The van der Waals surface area contributed by atoms with Crippen LogP contribution < -0.4 is 0 Å². The van der Waals surface area contributed by atoms with Gasteiger partial charge in [0, 0.05) is 44.5 Å². The number of methoxy groups -OCH3 is 1. The van der Waals surface area contributed by atoms with Crippen LogP contribution in [0.15, 0.2) is 66.4 Å². The predicted octanol–water partition coefficient (Wildman–Crippen LogP) is 5.97. The zero-order valence-electron chi connectivity index (χ0n) is 33.1. The molecule has 3 aliphatic rings. The van der Waals surface area contributed by atoms with E-state index in [1.54, 1.807) is 37.3 Å². The molecule has 11 atom stereocenters. The number of aliphatic hydroxyl groups excluding tert-OH is 1. The van der Waals surface area contributed by atoms with Gasteiger partial charge in [-0.15, -0.1) is 0 Å². The molecule has 2 N–H and O–H groups in total. The molecule has 1 aromatic rings. The Morgan fingerprint density at radius 3 is 2.61 bits per heavy atom. The van der Waals surface area contributed by atoms with Crippen LogP contribution in [0.4, 0.5) is 4.79 Å². The topological polar surface area (TPSA) is 157 Å². The maximum absolute atomic E-state index is 13.7. The van der Waals surface area contributed by atoms with Crippen LogP contribution in [0.5, 0.6) is 0 Å². The standard InChI is InChI=1S/C42H60N2O10/c1-9-34(50-8)29(5)39-40(53-39)38(54-41(48)44-23-13-16-31(25-44)33-17-10-11-22-43-33)27(3)15-12-14-26(2)37-28(4)18-19-35(51-30(6)45)42(7,49)21-20-32(46)24-36(47)52-37/h10-12,14-19,22,27-29,32,34-35,37-40,46,49H,9,13,20-21,23-25H2,1-8H3/b15-12+,19-18+,26-14+/t27?,28?,29?,32?,34?,35?,37?,38?,39?,40?,42-/m0/s1. The fourth-order valence-electron chi connectivity index (χ4n) is 7.31. The largest absolute Gasteiger partial charge is 0.457 e. The van der Waals surface area contributed by atoms with Gasteiger partial charge in [0.05, 0.1) is 37.0 Å². The highest BCUT2D eigenvalue weighted by molar-refractivity contribution is 5.74. The van der Waals surface area contributed by atoms with E-state index in [2.05, 4.69) is 24.9 Å². The van der Waals surface area contributed by atoms with Crippen molar-refractivity contribution in [3.8, 4) is 0 Å². The van der Waals surface area contributed by atoms with E-state index in [4.69, 9.17) is 23.7 Å². The van der Waals surface area contributed by atoms with Crippen LogP contribution in [-0.4, -0.2) is 107 Å². The van der Waals surface area contributed by atoms with Crippen molar-refractivity contribution in [3.63, 3.8) is 0 Å². The second-order valence-electron chi connectivity index (χ2n) is 15.2. The van der Waals surface area contributed by atoms with E-state index < -0.39 is 48.0 Å². The maximum atomic E-state index is 13.7. The highest BCUT2D eigenvalue weighted by Crippen LogP contribution is 2.39. The van der Waals surface area contributed by atoms with E-state index in [-0.39, 0.29) is 55.3 Å². The van der Waals surface area contributed by atoms with E-state index in [1.807, 2.05) is 57.2 Å². The number of epoxide rings is 1. The molecule has 0 bridgehead atoms. The number of hydrogen-bond donors (Lipinski definition) is 2. The van der Waals surface area contributed by atoms with Gasteiger partial charge in [-0.05, 0) is 68.9 Å². The second-order valence-corrected chi connectivity index (χ2v) is 15.2. The highest BCUT2D eigenvalue weighted by atomic mass is 16.6. The van der Waals surface area contributed by atoms with E-state index in [9.17, 15) is 24.6 Å². The summed E-state index contributed by atoms with van der Waals surface area (Å²) < 4.78 is 29.5. The average molecular weight is 753 g/mol. The van der Waals surface area contributed by atoms with Gasteiger partial charge in [-0.25, -0.2) is 4.79 Å². The van der Waals surface area contributed by atoms with Gasteiger partial charge in [-0.2, -0.15) is 0 Å². The number of allylic oxidation sites excluding steroid dienone is 2. The number of esters is 2. The average Bonchev–Trinajstić information content (AvgIpc) is 3.94. The third kappa shape index (κ3) is 11.8. The highest BCUT2D eigenvalue weighted by Gasteiger charge is 2.53. The van der Waals surface area contributed by atoms with Gasteiger partial charge in [0.1, 0.15) is 30.0 Å². The van der Waals surface area contributed by atoms with Gasteiger partial charge in [0.25, 0.3) is 0 Å². The van der Waals surface area contributed by atoms with Crippen molar-refractivity contribution in [1.29, 1.82) is 0 Å². The Bertz CT molecular complexity index is 1530. The summed E-state index contributed by atoms with van der Waals surface area (Å²) in [5.74, 6) is -1.65. The third-order valence-electron chi connectivity index (χ3n) is 10.7. The van der Waals surface area contributed by atoms with Crippen LogP contribution in [0.3, 0.4) is 0 Å². The van der Waals surface area contributed by atoms with Crippen LogP contribution in [0.1, 0.15) is 86.3 Å². The summed E-state index contributed by atoms with van der Waals surface area (Å²) in [5, 5.41) is 21.7. The number of carbonyl (C=O) groups is 3. The molecule has 3 aliphatic heterocycles. The first kappa shape index (κ1) is 42.9. The van der Waals surface area contributed by atoms with E-state index in [1.165, 1.54) is 6.92 Å². The number of carbonyl (C=O) groups excluding carboxylic acids is 3. The lowest BCUT2D eigenvalue weighted by molar-refractivity contribution is -0.157. The number of pyridine rings is 1. The molecule has 1 aromatic heterocycles. The summed E-state index contributed by atoms with van der Waals surface area (Å²) >= 11 is 0. The monoisotopic (exact) mass is 752 g/mol. The van der Waals surface area contributed by atoms with Crippen molar-refractivity contribution < 1.29 is 48.3 Å². The van der Waals surface area contributed by atoms with Crippen molar-refractivity contribution >= 4 is 23.6 Å². The van der Waals surface area contributed by atoms with Crippen molar-refractivity contribution in [2.45, 2.75) is 129 Å². The molecule has 12 nitrogen and oxygen atoms in total. The zero-order valence-corrected chi connectivity index (χ0v) is 33.1. The van der Waals surface area contributed by atoms with Gasteiger partial charge in [-0.1, -0.05) is 64.1 Å². The number of nitrogens with zero attached hydrogens (tertiary/aromatic N) is 2. The lowest BCUT2D eigenvalue weighted by atomic mass is 9.88. The van der Waals surface area contributed by atoms with E-state index in [0.717, 1.165) is 23.3 Å². The van der Waals surface area contributed by atoms with Crippen LogP contribution in [0.2, 0.25) is 0 Å². The van der Waals surface area contributed by atoms with Gasteiger partial charge < -0.3 is 38.8 Å². The second kappa shape index (κ2) is 19.7. The van der Waals surface area contributed by atoms with Crippen LogP contribution >= 0.6 is 0 Å². The van der Waals surface area contributed by atoms with Crippen molar-refractivity contribution in [2.24, 2.45) is 17.8 Å². The summed E-state index contributed by atoms with van der Waals surface area (Å²) in [4.78, 5) is 44.7. The minimum Gasteiger partial charge on any atom is -0.457 e. The molecule has 4 heterocycles. The molecule has 1 fully saturated rings. The van der Waals surface area contributed by atoms with Crippen molar-refractivity contribution in [1.82, 2.24) is 9.88 Å². The molecule has 0 spiro atoms. The Balaban J connectivity index is 1.54. The number of cyclic esters (lactones) is 1. The Hall–Kier alpha value is -3.84. The van der Waals surface area contributed by atoms with Crippen molar-refractivity contribution in [3.05, 3.63) is 72.1 Å². The number of rotatable bonds is 12. The van der Waals surface area contributed by atoms with Gasteiger partial charge >= 0.3 is 18.0 Å². The number of hydrogen-bond acceptors (Lipinski definition) is 11. The molecule has 298 valence electrons. The molecule has 0 saturated carbocycles. The Kier molecular flexibility index (Phi) is 15.6. The molecular formula is C42H60N2O10. The molecule has 0 aromatic carbocycles. The van der Waals surface area contributed by atoms with Crippen LogP contribution in [-0.2, 0) is 33.3 Å². The summed E-state index contributed by atoms with van der Waals surface area (Å²) in [7, 11) is 1.70. The first-order valence-electron chi connectivity index (χ1n) is 19.2. The lowest BCUT2D eigenvalue weighted by Crippen LogP contribution is -2.42. The molecule has 10 unspecified atom stereocenters. The summed E-state index contributed by atoms with van der Waals surface area (Å²) in [6.45, 7) is 13.6. The van der Waals surface area contributed by atoms with E-state index in [0.29, 0.717) is 19.5 Å². The molecule has 12 heteroatoms. The fraction of sp³-hybridized carbons (Fsp3) is 0.619. The quantitative estimate of drug-likeness (QED) is 0.0852. The van der Waals surface area contributed by atoms with Crippen LogP contribution in [0.25, 0.3) is 5.57 Å². The number of ether oxygens (including phenoxy) is 5. The number of aliphatic hydroxyl groups is 2. The molecule has 0 aliphatic carbocycles. The van der Waals surface area contributed by atoms with Gasteiger partial charge in [0.15, 0.2) is 0 Å². The first-order chi connectivity index (χ1) is 25.6. The lowest BCUT2D eigenvalue weighted by Gasteiger charge is -2.32. The summed E-state index contributed by atoms with van der Waals surface area (Å²) in [6, 6.07) is 5.72. The minimum atomic E-state index is -1.46. The molecule has 1 saturated heterocycles. The van der Waals surface area contributed by atoms with Crippen LogP contribution in [0, 0.1) is 17.8 Å². The van der Waals surface area contributed by atoms with Crippen molar-refractivity contribution in [2.75, 3.05) is 20.2 Å². The first-order valence-corrected chi connectivity index (χ1v) is 19.2. The molecule has 0 radical (unpaired) electrons. The Morgan fingerprint density at radius 2 is 1.94 bits per heavy atom. The van der Waals surface area contributed by atoms with Gasteiger partial charge in [-0.3, -0.25) is 14.6 Å². The minimum absolute atomic E-state index is 0.00202. The Labute approximate surface area is 320 Å². The molecule has 1 amide bonds. The smallest absolute Gasteiger partial charge is 0.410 e. The fourth-order valence-corrected chi connectivity index (χ4v) is 7.31. The number of amides is 1. The summed E-state index contributed by atoms with van der Waals surface area (Å²) in [5.41, 5.74) is 1.07. The third-order valence-corrected chi connectivity index (χ3v) is 10.7.